The van der Waals surface area contributed by atoms with Crippen molar-refractivity contribution in [1.29, 1.82) is 0 Å². The number of nitrogens with one attached hydrogen (secondary N) is 1. The van der Waals surface area contributed by atoms with Gasteiger partial charge in [-0.15, -0.1) is 0 Å². The Kier molecular flexibility index (Phi) is 7.81. The Morgan fingerprint density at radius 1 is 1.22 bits per heavy atom. The average molecular weight is 481 g/mol. The van der Waals surface area contributed by atoms with Crippen LogP contribution in [0, 0.1) is 0 Å². The van der Waals surface area contributed by atoms with Crippen LogP contribution in [0.1, 0.15) is 18.9 Å². The summed E-state index contributed by atoms with van der Waals surface area (Å²) in [7, 11) is 1.53. The molecule has 1 fully saturated rings. The second kappa shape index (κ2) is 10.6. The van der Waals surface area contributed by atoms with Gasteiger partial charge in [-0.2, -0.15) is 18.9 Å². The molecule has 7 nitrogen and oxygen atoms in total. The normalized spacial score (nSPS) is 17.9. The van der Waals surface area contributed by atoms with E-state index < -0.39 is 11.9 Å². The molecule has 1 saturated heterocycles. The second-order valence-corrected chi connectivity index (χ2v) is 8.22. The zero-order valence-electron chi connectivity index (χ0n) is 17.1. The average Bonchev–Trinajstić information content (AvgIpc) is 3.04. The minimum absolute atomic E-state index is 0.0203. The first-order chi connectivity index (χ1) is 15.3. The van der Waals surface area contributed by atoms with E-state index >= 15 is 0 Å². The van der Waals surface area contributed by atoms with E-state index in [9.17, 15) is 18.4 Å². The minimum atomic E-state index is -2.91. The number of rotatable bonds is 7. The lowest BCUT2D eigenvalue weighted by molar-refractivity contribution is -0.128. The number of thioether (sulfide) groups is 1. The standard InChI is InChI=1S/C21H19ClF2N4O3S/c1-12(13-3-9-16(10-4-13)31-20(23)24)27-28-19(30)17(32-21(28)25-2)11-18(29)26-15-7-5-14(22)6-8-15/h3-10,17,20H,11H2,1-2H3,(H,26,29)/b25-21?,27-12+. The molecule has 1 aliphatic rings. The SMILES string of the molecule is CN=C1SC(CC(=O)Nc2ccc(Cl)cc2)C(=O)N1/N=C(\C)c1ccc(OC(F)F)cc1. The molecule has 1 unspecified atom stereocenters. The molecule has 1 atom stereocenters. The largest absolute Gasteiger partial charge is 0.435 e. The molecule has 0 aliphatic carbocycles. The predicted molar refractivity (Wildman–Crippen MR) is 122 cm³/mol. The van der Waals surface area contributed by atoms with E-state index in [-0.39, 0.29) is 24.0 Å². The number of halogens is 3. The Morgan fingerprint density at radius 3 is 2.47 bits per heavy atom. The van der Waals surface area contributed by atoms with Crippen LogP contribution in [0.15, 0.2) is 58.6 Å². The molecule has 11 heteroatoms. The number of anilines is 1. The first-order valence-electron chi connectivity index (χ1n) is 9.40. The van der Waals surface area contributed by atoms with Gasteiger partial charge in [0, 0.05) is 24.2 Å². The van der Waals surface area contributed by atoms with Crippen molar-refractivity contribution in [2.24, 2.45) is 10.1 Å². The molecule has 3 rings (SSSR count). The molecule has 2 amide bonds. The van der Waals surface area contributed by atoms with Crippen molar-refractivity contribution >= 4 is 51.7 Å². The van der Waals surface area contributed by atoms with Crippen LogP contribution in [0.2, 0.25) is 5.02 Å². The number of hydrazone groups is 1. The van der Waals surface area contributed by atoms with Gasteiger partial charge in [0.25, 0.3) is 5.91 Å². The summed E-state index contributed by atoms with van der Waals surface area (Å²) in [5.41, 5.74) is 1.66. The van der Waals surface area contributed by atoms with Crippen LogP contribution in [-0.2, 0) is 9.59 Å². The van der Waals surface area contributed by atoms with Crippen LogP contribution in [-0.4, -0.2) is 46.6 Å². The molecule has 1 heterocycles. The Morgan fingerprint density at radius 2 is 1.88 bits per heavy atom. The van der Waals surface area contributed by atoms with Crippen molar-refractivity contribution in [3.05, 3.63) is 59.1 Å². The number of carbonyl (C=O) groups excluding carboxylic acids is 2. The van der Waals surface area contributed by atoms with Crippen molar-refractivity contribution < 1.29 is 23.1 Å². The number of aliphatic imine (C=N–C) groups is 1. The second-order valence-electron chi connectivity index (χ2n) is 6.61. The molecule has 0 spiro atoms. The third-order valence-electron chi connectivity index (χ3n) is 4.35. The maximum absolute atomic E-state index is 12.9. The summed E-state index contributed by atoms with van der Waals surface area (Å²) < 4.78 is 28.9. The number of carbonyl (C=O) groups is 2. The molecule has 0 radical (unpaired) electrons. The van der Waals surface area contributed by atoms with Gasteiger partial charge in [-0.25, -0.2) is 0 Å². The highest BCUT2D eigenvalue weighted by Crippen LogP contribution is 2.30. The van der Waals surface area contributed by atoms with Gasteiger partial charge in [0.2, 0.25) is 5.91 Å². The summed E-state index contributed by atoms with van der Waals surface area (Å²) in [4.78, 5) is 29.3. The monoisotopic (exact) mass is 480 g/mol. The fourth-order valence-electron chi connectivity index (χ4n) is 2.83. The molecule has 2 aromatic carbocycles. The molecule has 1 aliphatic heterocycles. The zero-order valence-corrected chi connectivity index (χ0v) is 18.7. The molecule has 0 aromatic heterocycles. The first-order valence-corrected chi connectivity index (χ1v) is 10.7. The van der Waals surface area contributed by atoms with Gasteiger partial charge >= 0.3 is 6.61 Å². The van der Waals surface area contributed by atoms with Crippen molar-refractivity contribution in [1.82, 2.24) is 5.01 Å². The Labute approximate surface area is 192 Å². The number of nitrogens with zero attached hydrogens (tertiary/aromatic N) is 3. The van der Waals surface area contributed by atoms with Crippen molar-refractivity contribution in [3.8, 4) is 5.75 Å². The van der Waals surface area contributed by atoms with Crippen LogP contribution in [0.3, 0.4) is 0 Å². The van der Waals surface area contributed by atoms with Crippen LogP contribution < -0.4 is 10.1 Å². The van der Waals surface area contributed by atoms with E-state index in [0.29, 0.717) is 27.2 Å². The lowest BCUT2D eigenvalue weighted by Crippen LogP contribution is -2.30. The molecule has 32 heavy (non-hydrogen) atoms. The van der Waals surface area contributed by atoms with E-state index in [1.54, 1.807) is 43.3 Å². The summed E-state index contributed by atoms with van der Waals surface area (Å²) in [6.45, 7) is -1.23. The number of hydrogen-bond acceptors (Lipinski definition) is 6. The van der Waals surface area contributed by atoms with Crippen molar-refractivity contribution in [2.75, 3.05) is 12.4 Å². The van der Waals surface area contributed by atoms with Crippen LogP contribution in [0.4, 0.5) is 14.5 Å². The number of amides is 2. The van der Waals surface area contributed by atoms with Gasteiger partial charge < -0.3 is 10.1 Å². The predicted octanol–water partition coefficient (Wildman–Crippen LogP) is 4.62. The molecule has 0 bridgehead atoms. The molecular weight excluding hydrogens is 462 g/mol. The highest BCUT2D eigenvalue weighted by molar-refractivity contribution is 8.15. The molecule has 0 saturated carbocycles. The molecule has 2 aromatic rings. The Bertz CT molecular complexity index is 1050. The van der Waals surface area contributed by atoms with Crippen molar-refractivity contribution in [2.45, 2.75) is 25.2 Å². The van der Waals surface area contributed by atoms with Crippen molar-refractivity contribution in [3.63, 3.8) is 0 Å². The van der Waals surface area contributed by atoms with E-state index in [1.807, 2.05) is 0 Å². The van der Waals surface area contributed by atoms with Gasteiger partial charge in [0.15, 0.2) is 5.17 Å². The third-order valence-corrected chi connectivity index (χ3v) is 5.82. The molecular formula is C21H19ClF2N4O3S. The summed E-state index contributed by atoms with van der Waals surface area (Å²) in [6, 6.07) is 12.5. The van der Waals surface area contributed by atoms with Crippen LogP contribution in [0.25, 0.3) is 0 Å². The minimum Gasteiger partial charge on any atom is -0.435 e. The highest BCUT2D eigenvalue weighted by Gasteiger charge is 2.39. The summed E-state index contributed by atoms with van der Waals surface area (Å²) in [5.74, 6) is -0.684. The molecule has 168 valence electrons. The summed E-state index contributed by atoms with van der Waals surface area (Å²) in [5, 5.41) is 8.44. The van der Waals surface area contributed by atoms with E-state index in [4.69, 9.17) is 11.6 Å². The van der Waals surface area contributed by atoms with Gasteiger partial charge in [0.05, 0.1) is 5.71 Å². The lowest BCUT2D eigenvalue weighted by atomic mass is 10.1. The van der Waals surface area contributed by atoms with Gasteiger partial charge in [0.1, 0.15) is 11.0 Å². The van der Waals surface area contributed by atoms with E-state index in [2.05, 4.69) is 20.1 Å². The quantitative estimate of drug-likeness (QED) is 0.586. The van der Waals surface area contributed by atoms with Crippen LogP contribution in [0.5, 0.6) is 5.75 Å². The smallest absolute Gasteiger partial charge is 0.387 e. The van der Waals surface area contributed by atoms with Gasteiger partial charge in [-0.05, 0) is 61.0 Å². The zero-order chi connectivity index (χ0) is 23.3. The number of amidine groups is 1. The summed E-state index contributed by atoms with van der Waals surface area (Å²) >= 11 is 6.99. The maximum atomic E-state index is 12.9. The van der Waals surface area contributed by atoms with E-state index in [0.717, 1.165) is 16.8 Å². The Balaban J connectivity index is 1.68. The highest BCUT2D eigenvalue weighted by atomic mass is 35.5. The number of benzene rings is 2. The number of ether oxygens (including phenoxy) is 1. The first kappa shape index (κ1) is 23.7. The Hall–Kier alpha value is -2.98. The fourth-order valence-corrected chi connectivity index (χ4v) is 3.98. The van der Waals surface area contributed by atoms with Gasteiger partial charge in [-0.3, -0.25) is 14.6 Å². The maximum Gasteiger partial charge on any atom is 0.387 e. The molecule has 1 N–H and O–H groups in total. The third kappa shape index (κ3) is 6.04. The van der Waals surface area contributed by atoms with Gasteiger partial charge in [-0.1, -0.05) is 23.4 Å². The lowest BCUT2D eigenvalue weighted by Gasteiger charge is -2.12. The fraction of sp³-hybridized carbons (Fsp3) is 0.238. The van der Waals surface area contributed by atoms with Crippen LogP contribution >= 0.6 is 23.4 Å². The number of hydrogen-bond donors (Lipinski definition) is 1. The van der Waals surface area contributed by atoms with E-state index in [1.165, 1.54) is 19.2 Å². The number of alkyl halides is 2. The summed E-state index contributed by atoms with van der Waals surface area (Å²) in [6.07, 6.45) is -0.0596. The topological polar surface area (TPSA) is 83.4 Å².